The van der Waals surface area contributed by atoms with E-state index in [1.165, 1.54) is 7.11 Å². The Morgan fingerprint density at radius 3 is 2.75 bits per heavy atom. The Morgan fingerprint density at radius 1 is 1.56 bits per heavy atom. The molecule has 1 aromatic carbocycles. The van der Waals surface area contributed by atoms with Crippen molar-refractivity contribution in [3.8, 4) is 11.5 Å². The summed E-state index contributed by atoms with van der Waals surface area (Å²) in [4.78, 5) is 10.8. The first-order valence-electron chi connectivity index (χ1n) is 4.82. The van der Waals surface area contributed by atoms with Crippen LogP contribution in [0.1, 0.15) is 12.5 Å². The topological polar surface area (TPSA) is 81.8 Å². The highest BCUT2D eigenvalue weighted by molar-refractivity contribution is 5.78. The Hall–Kier alpha value is -1.75. The molecule has 1 unspecified atom stereocenters. The van der Waals surface area contributed by atoms with E-state index in [1.54, 1.807) is 25.1 Å². The molecule has 0 aliphatic rings. The number of rotatable bonds is 5. The average molecular weight is 225 g/mol. The van der Waals surface area contributed by atoms with Crippen molar-refractivity contribution in [2.75, 3.05) is 7.11 Å². The summed E-state index contributed by atoms with van der Waals surface area (Å²) < 4.78 is 10.3. The van der Waals surface area contributed by atoms with Crippen molar-refractivity contribution in [1.82, 2.24) is 0 Å². The molecule has 3 N–H and O–H groups in total. The largest absolute Gasteiger partial charge is 0.497 e. The van der Waals surface area contributed by atoms with Crippen LogP contribution in [-0.2, 0) is 11.4 Å². The standard InChI is InChI=1S/C11H15NO4/c1-7(11(12)14)16-10-4-3-9(15-2)5-8(10)6-13/h3-5,7,13H,6H2,1-2H3,(H2,12,14). The second-order valence-electron chi connectivity index (χ2n) is 3.29. The molecule has 1 amide bonds. The van der Waals surface area contributed by atoms with Crippen LogP contribution in [0.15, 0.2) is 18.2 Å². The molecule has 1 atom stereocenters. The van der Waals surface area contributed by atoms with Crippen LogP contribution in [0.25, 0.3) is 0 Å². The maximum absolute atomic E-state index is 10.8. The summed E-state index contributed by atoms with van der Waals surface area (Å²) in [5.41, 5.74) is 5.63. The fourth-order valence-corrected chi connectivity index (χ4v) is 1.17. The molecule has 0 fully saturated rings. The van der Waals surface area contributed by atoms with Crippen LogP contribution in [0.2, 0.25) is 0 Å². The molecule has 0 spiro atoms. The molecule has 1 aromatic rings. The summed E-state index contributed by atoms with van der Waals surface area (Å²) >= 11 is 0. The van der Waals surface area contributed by atoms with Crippen LogP contribution in [-0.4, -0.2) is 24.2 Å². The van der Waals surface area contributed by atoms with Crippen molar-refractivity contribution in [1.29, 1.82) is 0 Å². The van der Waals surface area contributed by atoms with Crippen molar-refractivity contribution in [2.24, 2.45) is 5.73 Å². The van der Waals surface area contributed by atoms with Crippen molar-refractivity contribution < 1.29 is 19.4 Å². The van der Waals surface area contributed by atoms with E-state index in [2.05, 4.69) is 0 Å². The smallest absolute Gasteiger partial charge is 0.258 e. The Bertz CT molecular complexity index is 378. The molecule has 0 aliphatic heterocycles. The summed E-state index contributed by atoms with van der Waals surface area (Å²) in [7, 11) is 1.53. The summed E-state index contributed by atoms with van der Waals surface area (Å²) in [5.74, 6) is 0.484. The molecule has 88 valence electrons. The van der Waals surface area contributed by atoms with Crippen molar-refractivity contribution in [3.05, 3.63) is 23.8 Å². The lowest BCUT2D eigenvalue weighted by Gasteiger charge is -2.14. The first kappa shape index (κ1) is 12.3. The van der Waals surface area contributed by atoms with Gasteiger partial charge in [-0.2, -0.15) is 0 Å². The lowest BCUT2D eigenvalue weighted by molar-refractivity contribution is -0.124. The summed E-state index contributed by atoms with van der Waals surface area (Å²) in [6.07, 6.45) is -0.737. The van der Waals surface area contributed by atoms with E-state index < -0.39 is 12.0 Å². The summed E-state index contributed by atoms with van der Waals surface area (Å²) in [5, 5.41) is 9.14. The van der Waals surface area contributed by atoms with Gasteiger partial charge in [-0.25, -0.2) is 0 Å². The molecule has 0 aromatic heterocycles. The molecule has 5 heteroatoms. The van der Waals surface area contributed by atoms with E-state index in [9.17, 15) is 4.79 Å². The van der Waals surface area contributed by atoms with Crippen LogP contribution in [0.3, 0.4) is 0 Å². The molecule has 0 saturated carbocycles. The minimum atomic E-state index is -0.737. The predicted molar refractivity (Wildman–Crippen MR) is 58.2 cm³/mol. The Labute approximate surface area is 93.8 Å². The number of nitrogens with two attached hydrogens (primary N) is 1. The molecule has 0 radical (unpaired) electrons. The molecule has 0 aliphatic carbocycles. The second kappa shape index (κ2) is 5.37. The Kier molecular flexibility index (Phi) is 4.13. The molecular formula is C11H15NO4. The number of carbonyl (C=O) groups excluding carboxylic acids is 1. The lowest BCUT2D eigenvalue weighted by atomic mass is 10.2. The molecule has 0 heterocycles. The van der Waals surface area contributed by atoms with Crippen LogP contribution in [0.5, 0.6) is 11.5 Å². The van der Waals surface area contributed by atoms with Gasteiger partial charge in [-0.3, -0.25) is 4.79 Å². The van der Waals surface area contributed by atoms with E-state index in [4.69, 9.17) is 20.3 Å². The number of ether oxygens (including phenoxy) is 2. The summed E-state index contributed by atoms with van der Waals surface area (Å²) in [6.45, 7) is 1.35. The Balaban J connectivity index is 2.91. The summed E-state index contributed by atoms with van der Waals surface area (Å²) in [6, 6.07) is 4.95. The highest BCUT2D eigenvalue weighted by Gasteiger charge is 2.13. The maximum Gasteiger partial charge on any atom is 0.258 e. The highest BCUT2D eigenvalue weighted by Crippen LogP contribution is 2.24. The quantitative estimate of drug-likeness (QED) is 0.761. The maximum atomic E-state index is 10.8. The fourth-order valence-electron chi connectivity index (χ4n) is 1.17. The van der Waals surface area contributed by atoms with Crippen LogP contribution < -0.4 is 15.2 Å². The van der Waals surface area contributed by atoms with Crippen LogP contribution >= 0.6 is 0 Å². The highest BCUT2D eigenvalue weighted by atomic mass is 16.5. The fraction of sp³-hybridized carbons (Fsp3) is 0.364. The van der Waals surface area contributed by atoms with Gasteiger partial charge in [0.25, 0.3) is 5.91 Å². The van der Waals surface area contributed by atoms with Crippen LogP contribution in [0, 0.1) is 0 Å². The first-order chi connectivity index (χ1) is 7.58. The van der Waals surface area contributed by atoms with Gasteiger partial charge in [0.1, 0.15) is 11.5 Å². The van der Waals surface area contributed by atoms with Crippen LogP contribution in [0.4, 0.5) is 0 Å². The lowest BCUT2D eigenvalue weighted by Crippen LogP contribution is -2.30. The zero-order chi connectivity index (χ0) is 12.1. The van der Waals surface area contributed by atoms with E-state index in [0.29, 0.717) is 17.1 Å². The number of benzene rings is 1. The first-order valence-corrected chi connectivity index (χ1v) is 4.82. The van der Waals surface area contributed by atoms with Gasteiger partial charge in [-0.15, -0.1) is 0 Å². The zero-order valence-electron chi connectivity index (χ0n) is 9.27. The zero-order valence-corrected chi connectivity index (χ0v) is 9.27. The number of amides is 1. The molecular weight excluding hydrogens is 210 g/mol. The number of hydrogen-bond acceptors (Lipinski definition) is 4. The van der Waals surface area contributed by atoms with E-state index in [-0.39, 0.29) is 6.61 Å². The van der Waals surface area contributed by atoms with Gasteiger partial charge in [0, 0.05) is 5.56 Å². The van der Waals surface area contributed by atoms with E-state index in [1.807, 2.05) is 0 Å². The third kappa shape index (κ3) is 2.87. The van der Waals surface area contributed by atoms with Crippen molar-refractivity contribution in [2.45, 2.75) is 19.6 Å². The van der Waals surface area contributed by atoms with Crippen molar-refractivity contribution >= 4 is 5.91 Å². The predicted octanol–water partition coefficient (Wildman–Crippen LogP) is 0.440. The van der Waals surface area contributed by atoms with E-state index >= 15 is 0 Å². The number of aliphatic hydroxyl groups is 1. The molecule has 0 saturated heterocycles. The average Bonchev–Trinajstić information content (AvgIpc) is 2.29. The van der Waals surface area contributed by atoms with Gasteiger partial charge in [0.15, 0.2) is 6.10 Å². The minimum absolute atomic E-state index is 0.196. The number of aliphatic hydroxyl groups excluding tert-OH is 1. The third-order valence-electron chi connectivity index (χ3n) is 2.14. The number of carbonyl (C=O) groups is 1. The SMILES string of the molecule is COc1ccc(OC(C)C(N)=O)c(CO)c1. The van der Waals surface area contributed by atoms with Gasteiger partial charge in [-0.05, 0) is 25.1 Å². The molecule has 1 rings (SSSR count). The van der Waals surface area contributed by atoms with Gasteiger partial charge in [0.2, 0.25) is 0 Å². The molecule has 16 heavy (non-hydrogen) atoms. The molecule has 0 bridgehead atoms. The number of methoxy groups -OCH3 is 1. The second-order valence-corrected chi connectivity index (χ2v) is 3.29. The van der Waals surface area contributed by atoms with Gasteiger partial charge in [-0.1, -0.05) is 0 Å². The number of hydrogen-bond donors (Lipinski definition) is 2. The third-order valence-corrected chi connectivity index (χ3v) is 2.14. The van der Waals surface area contributed by atoms with E-state index in [0.717, 1.165) is 0 Å². The minimum Gasteiger partial charge on any atom is -0.497 e. The Morgan fingerprint density at radius 2 is 2.25 bits per heavy atom. The van der Waals surface area contributed by atoms with Gasteiger partial charge >= 0.3 is 0 Å². The van der Waals surface area contributed by atoms with Crippen molar-refractivity contribution in [3.63, 3.8) is 0 Å². The normalized spacial score (nSPS) is 11.9. The monoisotopic (exact) mass is 225 g/mol. The number of primary amides is 1. The van der Waals surface area contributed by atoms with Gasteiger partial charge < -0.3 is 20.3 Å². The van der Waals surface area contributed by atoms with Gasteiger partial charge in [0.05, 0.1) is 13.7 Å². The molecule has 5 nitrogen and oxygen atoms in total.